The molecule has 1 aliphatic rings. The zero-order chi connectivity index (χ0) is 20.5. The Bertz CT molecular complexity index is 1020. The Labute approximate surface area is 174 Å². The molecule has 0 spiro atoms. The van der Waals surface area contributed by atoms with Crippen molar-refractivity contribution in [2.75, 3.05) is 31.6 Å². The molecule has 28 heavy (non-hydrogen) atoms. The second kappa shape index (κ2) is 8.39. The summed E-state index contributed by atoms with van der Waals surface area (Å²) in [6.45, 7) is 4.86. The highest BCUT2D eigenvalue weighted by Gasteiger charge is 2.30. The number of anilines is 1. The summed E-state index contributed by atoms with van der Waals surface area (Å²) in [5, 5.41) is 2.84. The lowest BCUT2D eigenvalue weighted by Gasteiger charge is -2.26. The predicted octanol–water partition coefficient (Wildman–Crippen LogP) is 3.88. The van der Waals surface area contributed by atoms with Crippen LogP contribution >= 0.6 is 23.2 Å². The normalized spacial score (nSPS) is 15.4. The number of carbonyl (C=O) groups excluding carboxylic acids is 1. The van der Waals surface area contributed by atoms with Gasteiger partial charge in [-0.15, -0.1) is 0 Å². The summed E-state index contributed by atoms with van der Waals surface area (Å²) in [5.41, 5.74) is 2.54. The number of benzene rings is 2. The topological polar surface area (TPSA) is 75.7 Å². The Balaban J connectivity index is 1.97. The number of hydrogen-bond donors (Lipinski definition) is 1. The molecule has 1 saturated heterocycles. The van der Waals surface area contributed by atoms with Crippen molar-refractivity contribution in [3.05, 3.63) is 57.1 Å². The molecule has 6 nitrogen and oxygen atoms in total. The first-order chi connectivity index (χ1) is 13.2. The van der Waals surface area contributed by atoms with E-state index in [2.05, 4.69) is 5.32 Å². The fourth-order valence-corrected chi connectivity index (χ4v) is 5.13. The molecule has 1 amide bonds. The summed E-state index contributed by atoms with van der Waals surface area (Å²) in [4.78, 5) is 12.7. The minimum absolute atomic E-state index is 0.0280. The molecule has 0 atom stereocenters. The van der Waals surface area contributed by atoms with E-state index in [9.17, 15) is 13.2 Å². The quantitative estimate of drug-likeness (QED) is 0.778. The summed E-state index contributed by atoms with van der Waals surface area (Å²) >= 11 is 12.4. The van der Waals surface area contributed by atoms with Crippen LogP contribution in [-0.4, -0.2) is 44.9 Å². The Kier molecular flexibility index (Phi) is 6.31. The molecule has 0 aromatic heterocycles. The minimum Gasteiger partial charge on any atom is -0.379 e. The van der Waals surface area contributed by atoms with Crippen LogP contribution in [0.25, 0.3) is 0 Å². The maximum atomic E-state index is 13.0. The lowest BCUT2D eigenvalue weighted by Crippen LogP contribution is -2.40. The van der Waals surface area contributed by atoms with Crippen molar-refractivity contribution < 1.29 is 17.9 Å². The van der Waals surface area contributed by atoms with Crippen LogP contribution in [0.5, 0.6) is 0 Å². The number of hydrogen-bond acceptors (Lipinski definition) is 4. The van der Waals surface area contributed by atoms with Gasteiger partial charge < -0.3 is 10.1 Å². The molecule has 0 saturated carbocycles. The number of aryl methyl sites for hydroxylation is 2. The summed E-state index contributed by atoms with van der Waals surface area (Å²) in [5.74, 6) is -0.506. The molecule has 9 heteroatoms. The number of nitrogens with zero attached hydrogens (tertiary/aromatic N) is 1. The minimum atomic E-state index is -3.87. The number of halogens is 2. The van der Waals surface area contributed by atoms with Crippen molar-refractivity contribution in [3.8, 4) is 0 Å². The Hall–Kier alpha value is -1.64. The van der Waals surface area contributed by atoms with Gasteiger partial charge in [-0.2, -0.15) is 4.31 Å². The maximum Gasteiger partial charge on any atom is 0.257 e. The van der Waals surface area contributed by atoms with Crippen LogP contribution in [0.3, 0.4) is 0 Å². The van der Waals surface area contributed by atoms with Gasteiger partial charge in [-0.25, -0.2) is 8.42 Å². The summed E-state index contributed by atoms with van der Waals surface area (Å²) in [6.07, 6.45) is 0. The van der Waals surface area contributed by atoms with Gasteiger partial charge in [0.25, 0.3) is 5.91 Å². The SMILES string of the molecule is Cc1ccc(C)c(NC(=O)c2cc(S(=O)(=O)N3CCOCC3)c(Cl)cc2Cl)c1. The average Bonchev–Trinajstić information content (AvgIpc) is 2.65. The maximum absolute atomic E-state index is 13.0. The van der Waals surface area contributed by atoms with Crippen LogP contribution in [0.1, 0.15) is 21.5 Å². The van der Waals surface area contributed by atoms with Crippen LogP contribution in [0.15, 0.2) is 35.2 Å². The summed E-state index contributed by atoms with van der Waals surface area (Å²) in [7, 11) is -3.87. The van der Waals surface area contributed by atoms with Gasteiger partial charge in [-0.3, -0.25) is 4.79 Å². The van der Waals surface area contributed by atoms with E-state index in [1.54, 1.807) is 0 Å². The highest BCUT2D eigenvalue weighted by molar-refractivity contribution is 7.89. The zero-order valence-electron chi connectivity index (χ0n) is 15.5. The molecule has 2 aromatic rings. The smallest absolute Gasteiger partial charge is 0.257 e. The van der Waals surface area contributed by atoms with Crippen LogP contribution in [0.4, 0.5) is 5.69 Å². The molecule has 1 N–H and O–H groups in total. The lowest BCUT2D eigenvalue weighted by molar-refractivity contribution is 0.0730. The van der Waals surface area contributed by atoms with Crippen molar-refractivity contribution in [2.24, 2.45) is 0 Å². The number of sulfonamides is 1. The van der Waals surface area contributed by atoms with Crippen LogP contribution in [-0.2, 0) is 14.8 Å². The molecular weight excluding hydrogens is 423 g/mol. The first-order valence-corrected chi connectivity index (χ1v) is 10.9. The molecule has 1 heterocycles. The van der Waals surface area contributed by atoms with Gasteiger partial charge in [-0.1, -0.05) is 35.3 Å². The third kappa shape index (κ3) is 4.34. The average molecular weight is 443 g/mol. The molecule has 1 aliphatic heterocycles. The Morgan fingerprint density at radius 1 is 1.07 bits per heavy atom. The lowest BCUT2D eigenvalue weighted by atomic mass is 10.1. The number of amides is 1. The van der Waals surface area contributed by atoms with Crippen LogP contribution in [0.2, 0.25) is 10.0 Å². The van der Waals surface area contributed by atoms with Crippen LogP contribution in [0, 0.1) is 13.8 Å². The Morgan fingerprint density at radius 3 is 2.43 bits per heavy atom. The van der Waals surface area contributed by atoms with E-state index in [-0.39, 0.29) is 33.6 Å². The molecule has 0 unspecified atom stereocenters. The molecule has 0 aliphatic carbocycles. The van der Waals surface area contributed by atoms with Gasteiger partial charge >= 0.3 is 0 Å². The first-order valence-electron chi connectivity index (χ1n) is 8.65. The van der Waals surface area contributed by atoms with E-state index in [1.807, 2.05) is 32.0 Å². The molecule has 150 valence electrons. The fourth-order valence-electron chi connectivity index (χ4n) is 2.89. The Morgan fingerprint density at radius 2 is 1.75 bits per heavy atom. The third-order valence-corrected chi connectivity index (χ3v) is 7.17. The largest absolute Gasteiger partial charge is 0.379 e. The highest BCUT2D eigenvalue weighted by Crippen LogP contribution is 2.31. The molecule has 0 bridgehead atoms. The van der Waals surface area contributed by atoms with Crippen molar-refractivity contribution in [3.63, 3.8) is 0 Å². The van der Waals surface area contributed by atoms with Gasteiger partial charge in [0.2, 0.25) is 10.0 Å². The summed E-state index contributed by atoms with van der Waals surface area (Å²) in [6, 6.07) is 8.18. The second-order valence-corrected chi connectivity index (χ2v) is 9.27. The van der Waals surface area contributed by atoms with E-state index in [0.717, 1.165) is 11.1 Å². The van der Waals surface area contributed by atoms with Crippen molar-refractivity contribution in [2.45, 2.75) is 18.7 Å². The van der Waals surface area contributed by atoms with Crippen molar-refractivity contribution in [1.29, 1.82) is 0 Å². The third-order valence-electron chi connectivity index (χ3n) is 4.50. The number of rotatable bonds is 4. The number of morpholine rings is 1. The predicted molar refractivity (Wildman–Crippen MR) is 110 cm³/mol. The number of nitrogens with one attached hydrogen (secondary N) is 1. The molecule has 2 aromatic carbocycles. The van der Waals surface area contributed by atoms with E-state index in [4.69, 9.17) is 27.9 Å². The second-order valence-electron chi connectivity index (χ2n) is 6.55. The molecule has 0 radical (unpaired) electrons. The van der Waals surface area contributed by atoms with Crippen molar-refractivity contribution in [1.82, 2.24) is 4.31 Å². The fraction of sp³-hybridized carbons (Fsp3) is 0.316. The van der Waals surface area contributed by atoms with Gasteiger partial charge in [0.05, 0.1) is 28.8 Å². The number of carbonyl (C=O) groups is 1. The highest BCUT2D eigenvalue weighted by atomic mass is 35.5. The molecule has 1 fully saturated rings. The standard InChI is InChI=1S/C19H20Cl2N2O4S/c1-12-3-4-13(2)17(9-12)22-19(24)14-10-18(16(21)11-15(14)20)28(25,26)23-5-7-27-8-6-23/h3-4,9-11H,5-8H2,1-2H3,(H,22,24). The van der Waals surface area contributed by atoms with Gasteiger partial charge in [-0.05, 0) is 43.2 Å². The molecule has 3 rings (SSSR count). The summed E-state index contributed by atoms with van der Waals surface area (Å²) < 4.78 is 32.4. The first kappa shape index (κ1) is 21.1. The van der Waals surface area contributed by atoms with E-state index >= 15 is 0 Å². The monoisotopic (exact) mass is 442 g/mol. The number of ether oxygens (including phenoxy) is 1. The van der Waals surface area contributed by atoms with Gasteiger partial charge in [0, 0.05) is 18.8 Å². The van der Waals surface area contributed by atoms with Gasteiger partial charge in [0.15, 0.2) is 0 Å². The van der Waals surface area contributed by atoms with E-state index < -0.39 is 15.9 Å². The van der Waals surface area contributed by atoms with Crippen molar-refractivity contribution >= 4 is 44.8 Å². The van der Waals surface area contributed by atoms with Crippen LogP contribution < -0.4 is 5.32 Å². The zero-order valence-corrected chi connectivity index (χ0v) is 17.8. The van der Waals surface area contributed by atoms with Gasteiger partial charge in [0.1, 0.15) is 4.90 Å². The van der Waals surface area contributed by atoms with E-state index in [1.165, 1.54) is 16.4 Å². The molecular formula is C19H20Cl2N2O4S. The van der Waals surface area contributed by atoms with E-state index in [0.29, 0.717) is 18.9 Å².